The first-order valence-electron chi connectivity index (χ1n) is 5.08. The number of halogens is 1. The van der Waals surface area contributed by atoms with E-state index in [1.54, 1.807) is 0 Å². The van der Waals surface area contributed by atoms with Crippen molar-refractivity contribution < 1.29 is 4.74 Å². The Morgan fingerprint density at radius 3 is 2.64 bits per heavy atom. The predicted octanol–water partition coefficient (Wildman–Crippen LogP) is 3.62. The van der Waals surface area contributed by atoms with Crippen LogP contribution >= 0.6 is 11.6 Å². The lowest BCUT2D eigenvalue weighted by atomic mass is 9.95. The first-order chi connectivity index (χ1) is 6.68. The van der Waals surface area contributed by atoms with E-state index in [1.807, 2.05) is 18.2 Å². The minimum atomic E-state index is 0.444. The third-order valence-corrected chi connectivity index (χ3v) is 3.20. The molecule has 0 spiro atoms. The second-order valence-corrected chi connectivity index (χ2v) is 4.45. The SMILES string of the molecule is CC(CC1OC1C)c1ccccc1Cl. The summed E-state index contributed by atoms with van der Waals surface area (Å²) in [6, 6.07) is 8.05. The fraction of sp³-hybridized carbons (Fsp3) is 0.500. The maximum Gasteiger partial charge on any atom is 0.0844 e. The molecule has 0 aliphatic carbocycles. The standard InChI is InChI=1S/C12H15ClO/c1-8(7-12-9(2)14-12)10-5-3-4-6-11(10)13/h3-6,8-9,12H,7H2,1-2H3. The molecule has 1 aliphatic heterocycles. The zero-order chi connectivity index (χ0) is 10.1. The van der Waals surface area contributed by atoms with E-state index in [2.05, 4.69) is 19.9 Å². The van der Waals surface area contributed by atoms with Crippen molar-refractivity contribution in [1.29, 1.82) is 0 Å². The van der Waals surface area contributed by atoms with Gasteiger partial charge in [0.2, 0.25) is 0 Å². The highest BCUT2D eigenvalue weighted by molar-refractivity contribution is 6.31. The van der Waals surface area contributed by atoms with Gasteiger partial charge in [-0.25, -0.2) is 0 Å². The molecule has 0 radical (unpaired) electrons. The van der Waals surface area contributed by atoms with Gasteiger partial charge in [-0.3, -0.25) is 0 Å². The summed E-state index contributed by atoms with van der Waals surface area (Å²) in [5, 5.41) is 0.869. The monoisotopic (exact) mass is 210 g/mol. The van der Waals surface area contributed by atoms with Gasteiger partial charge in [0.25, 0.3) is 0 Å². The highest BCUT2D eigenvalue weighted by Crippen LogP contribution is 2.34. The van der Waals surface area contributed by atoms with Crippen LogP contribution in [0.3, 0.4) is 0 Å². The van der Waals surface area contributed by atoms with Crippen LogP contribution < -0.4 is 0 Å². The van der Waals surface area contributed by atoms with Crippen molar-refractivity contribution in [3.8, 4) is 0 Å². The van der Waals surface area contributed by atoms with Crippen molar-refractivity contribution in [3.05, 3.63) is 34.9 Å². The lowest BCUT2D eigenvalue weighted by Crippen LogP contribution is -2.00. The Bertz CT molecular complexity index is 324. The highest BCUT2D eigenvalue weighted by Gasteiger charge is 2.35. The second kappa shape index (κ2) is 3.92. The van der Waals surface area contributed by atoms with Crippen molar-refractivity contribution in [1.82, 2.24) is 0 Å². The molecule has 0 N–H and O–H groups in total. The Morgan fingerprint density at radius 1 is 1.43 bits per heavy atom. The van der Waals surface area contributed by atoms with Gasteiger partial charge in [0, 0.05) is 5.02 Å². The Kier molecular flexibility index (Phi) is 2.80. The number of ether oxygens (including phenoxy) is 1. The van der Waals surface area contributed by atoms with Crippen LogP contribution in [0.25, 0.3) is 0 Å². The Balaban J connectivity index is 2.03. The first-order valence-corrected chi connectivity index (χ1v) is 5.46. The minimum Gasteiger partial charge on any atom is -0.370 e. The lowest BCUT2D eigenvalue weighted by Gasteiger charge is -2.11. The first kappa shape index (κ1) is 10.0. The molecular weight excluding hydrogens is 196 g/mol. The van der Waals surface area contributed by atoms with E-state index < -0.39 is 0 Å². The van der Waals surface area contributed by atoms with E-state index in [4.69, 9.17) is 16.3 Å². The highest BCUT2D eigenvalue weighted by atomic mass is 35.5. The molecule has 1 aliphatic rings. The third-order valence-electron chi connectivity index (χ3n) is 2.86. The summed E-state index contributed by atoms with van der Waals surface area (Å²) in [5.74, 6) is 0.485. The van der Waals surface area contributed by atoms with Crippen LogP contribution in [0, 0.1) is 0 Å². The van der Waals surface area contributed by atoms with Crippen LogP contribution in [-0.2, 0) is 4.74 Å². The number of hydrogen-bond acceptors (Lipinski definition) is 1. The van der Waals surface area contributed by atoms with Crippen LogP contribution in [0.15, 0.2) is 24.3 Å². The van der Waals surface area contributed by atoms with Gasteiger partial charge in [0.05, 0.1) is 12.2 Å². The van der Waals surface area contributed by atoms with E-state index >= 15 is 0 Å². The molecule has 1 fully saturated rings. The van der Waals surface area contributed by atoms with Crippen molar-refractivity contribution in [2.24, 2.45) is 0 Å². The fourth-order valence-corrected chi connectivity index (χ4v) is 2.15. The van der Waals surface area contributed by atoms with Gasteiger partial charge in [-0.2, -0.15) is 0 Å². The fourth-order valence-electron chi connectivity index (χ4n) is 1.83. The molecule has 3 atom stereocenters. The molecule has 1 aromatic rings. The number of benzene rings is 1. The molecule has 76 valence electrons. The van der Waals surface area contributed by atoms with Gasteiger partial charge in [0.1, 0.15) is 0 Å². The molecular formula is C12H15ClO. The number of rotatable bonds is 3. The number of hydrogen-bond donors (Lipinski definition) is 0. The Labute approximate surface area is 90.0 Å². The zero-order valence-corrected chi connectivity index (χ0v) is 9.29. The summed E-state index contributed by atoms with van der Waals surface area (Å²) >= 11 is 6.12. The van der Waals surface area contributed by atoms with E-state index in [9.17, 15) is 0 Å². The van der Waals surface area contributed by atoms with Gasteiger partial charge in [-0.1, -0.05) is 36.7 Å². The summed E-state index contributed by atoms with van der Waals surface area (Å²) < 4.78 is 5.41. The minimum absolute atomic E-state index is 0.444. The van der Waals surface area contributed by atoms with E-state index in [0.717, 1.165) is 11.4 Å². The normalized spacial score (nSPS) is 27.4. The number of epoxide rings is 1. The summed E-state index contributed by atoms with van der Waals surface area (Å²) in [7, 11) is 0. The maximum absolute atomic E-state index is 6.12. The molecule has 2 rings (SSSR count). The summed E-state index contributed by atoms with van der Waals surface area (Å²) in [6.07, 6.45) is 1.96. The third kappa shape index (κ3) is 2.10. The Hall–Kier alpha value is -0.530. The Morgan fingerprint density at radius 2 is 2.07 bits per heavy atom. The molecule has 1 saturated heterocycles. The van der Waals surface area contributed by atoms with Crippen molar-refractivity contribution in [2.75, 3.05) is 0 Å². The van der Waals surface area contributed by atoms with E-state index in [1.165, 1.54) is 5.56 Å². The van der Waals surface area contributed by atoms with Gasteiger partial charge in [-0.15, -0.1) is 0 Å². The molecule has 1 nitrogen and oxygen atoms in total. The van der Waals surface area contributed by atoms with Gasteiger partial charge >= 0.3 is 0 Å². The molecule has 14 heavy (non-hydrogen) atoms. The molecule has 2 heteroatoms. The molecule has 0 amide bonds. The largest absolute Gasteiger partial charge is 0.370 e. The van der Waals surface area contributed by atoms with Crippen molar-refractivity contribution >= 4 is 11.6 Å². The predicted molar refractivity (Wildman–Crippen MR) is 58.8 cm³/mol. The molecule has 1 aromatic carbocycles. The average Bonchev–Trinajstić information content (AvgIpc) is 2.82. The van der Waals surface area contributed by atoms with Crippen molar-refractivity contribution in [2.45, 2.75) is 38.4 Å². The molecule has 0 aromatic heterocycles. The topological polar surface area (TPSA) is 12.5 Å². The molecule has 3 unspecified atom stereocenters. The second-order valence-electron chi connectivity index (χ2n) is 4.04. The van der Waals surface area contributed by atoms with Crippen molar-refractivity contribution in [3.63, 3.8) is 0 Å². The van der Waals surface area contributed by atoms with E-state index in [0.29, 0.717) is 18.1 Å². The summed E-state index contributed by atoms with van der Waals surface area (Å²) in [4.78, 5) is 0. The van der Waals surface area contributed by atoms with Gasteiger partial charge in [0.15, 0.2) is 0 Å². The summed E-state index contributed by atoms with van der Waals surface area (Å²) in [5.41, 5.74) is 1.23. The van der Waals surface area contributed by atoms with Crippen LogP contribution in [-0.4, -0.2) is 12.2 Å². The molecule has 1 heterocycles. The molecule has 0 saturated carbocycles. The van der Waals surface area contributed by atoms with E-state index in [-0.39, 0.29) is 0 Å². The van der Waals surface area contributed by atoms with Crippen LogP contribution in [0.2, 0.25) is 5.02 Å². The van der Waals surface area contributed by atoms with Crippen LogP contribution in [0.1, 0.15) is 31.7 Å². The molecule has 0 bridgehead atoms. The van der Waals surface area contributed by atoms with Crippen LogP contribution in [0.4, 0.5) is 0 Å². The quantitative estimate of drug-likeness (QED) is 0.695. The average molecular weight is 211 g/mol. The zero-order valence-electron chi connectivity index (χ0n) is 8.53. The lowest BCUT2D eigenvalue weighted by molar-refractivity contribution is 0.362. The van der Waals surface area contributed by atoms with Gasteiger partial charge in [-0.05, 0) is 30.9 Å². The van der Waals surface area contributed by atoms with Crippen LogP contribution in [0.5, 0.6) is 0 Å². The maximum atomic E-state index is 6.12. The summed E-state index contributed by atoms with van der Waals surface area (Å²) in [6.45, 7) is 4.32. The smallest absolute Gasteiger partial charge is 0.0844 e. The van der Waals surface area contributed by atoms with Gasteiger partial charge < -0.3 is 4.74 Å².